The molecule has 5 nitrogen and oxygen atoms in total. The van der Waals surface area contributed by atoms with Crippen LogP contribution in [0.1, 0.15) is 17.5 Å². The first-order chi connectivity index (χ1) is 10.2. The minimum atomic E-state index is 0.579. The van der Waals surface area contributed by atoms with E-state index >= 15 is 0 Å². The van der Waals surface area contributed by atoms with Crippen LogP contribution in [0.25, 0.3) is 0 Å². The molecule has 21 heavy (non-hydrogen) atoms. The Morgan fingerprint density at radius 2 is 2.24 bits per heavy atom. The fraction of sp³-hybridized carbons (Fsp3) is 0.786. The lowest BCUT2D eigenvalue weighted by Gasteiger charge is -2.30. The second kappa shape index (κ2) is 8.95. The SMILES string of the molecule is COCCNCc1sc(N2CCSC(C)C2)nc1COC. The van der Waals surface area contributed by atoms with E-state index in [0.717, 1.165) is 43.6 Å². The third-order valence-electron chi connectivity index (χ3n) is 3.33. The summed E-state index contributed by atoms with van der Waals surface area (Å²) in [7, 11) is 3.44. The molecule has 0 saturated carbocycles. The summed E-state index contributed by atoms with van der Waals surface area (Å²) in [6.07, 6.45) is 0. The molecule has 1 aliphatic heterocycles. The van der Waals surface area contributed by atoms with Gasteiger partial charge < -0.3 is 19.7 Å². The van der Waals surface area contributed by atoms with Gasteiger partial charge in [-0.3, -0.25) is 0 Å². The average molecular weight is 332 g/mol. The van der Waals surface area contributed by atoms with Crippen molar-refractivity contribution in [1.82, 2.24) is 10.3 Å². The van der Waals surface area contributed by atoms with Gasteiger partial charge in [-0.2, -0.15) is 11.8 Å². The maximum atomic E-state index is 5.29. The van der Waals surface area contributed by atoms with Gasteiger partial charge in [0, 0.05) is 56.3 Å². The number of thioether (sulfide) groups is 1. The first-order valence-corrected chi connectivity index (χ1v) is 9.14. The zero-order valence-electron chi connectivity index (χ0n) is 13.1. The van der Waals surface area contributed by atoms with E-state index in [1.807, 2.05) is 11.8 Å². The van der Waals surface area contributed by atoms with Crippen molar-refractivity contribution >= 4 is 28.2 Å². The van der Waals surface area contributed by atoms with Crippen LogP contribution in [0.5, 0.6) is 0 Å². The largest absolute Gasteiger partial charge is 0.383 e. The van der Waals surface area contributed by atoms with E-state index in [4.69, 9.17) is 14.5 Å². The Labute approximate surface area is 135 Å². The number of nitrogens with one attached hydrogen (secondary N) is 1. The predicted octanol–water partition coefficient (Wildman–Crippen LogP) is 1.97. The van der Waals surface area contributed by atoms with Crippen LogP contribution in [0, 0.1) is 0 Å². The molecule has 0 amide bonds. The molecule has 0 bridgehead atoms. The zero-order valence-corrected chi connectivity index (χ0v) is 14.7. The molecule has 1 fully saturated rings. The Hall–Kier alpha value is -0.340. The number of ether oxygens (including phenoxy) is 2. The monoisotopic (exact) mass is 331 g/mol. The van der Waals surface area contributed by atoms with Crippen molar-refractivity contribution in [2.75, 3.05) is 51.1 Å². The predicted molar refractivity (Wildman–Crippen MR) is 90.5 cm³/mol. The molecule has 0 spiro atoms. The molecule has 0 aliphatic carbocycles. The highest BCUT2D eigenvalue weighted by Gasteiger charge is 2.21. The number of rotatable bonds is 8. The highest BCUT2D eigenvalue weighted by Crippen LogP contribution is 2.30. The summed E-state index contributed by atoms with van der Waals surface area (Å²) in [4.78, 5) is 8.47. The van der Waals surface area contributed by atoms with Crippen molar-refractivity contribution in [2.24, 2.45) is 0 Å². The minimum absolute atomic E-state index is 0.579. The Balaban J connectivity index is 2.01. The van der Waals surface area contributed by atoms with Gasteiger partial charge in [-0.1, -0.05) is 6.92 Å². The van der Waals surface area contributed by atoms with Crippen LogP contribution < -0.4 is 10.2 Å². The van der Waals surface area contributed by atoms with Gasteiger partial charge in [0.25, 0.3) is 0 Å². The third kappa shape index (κ3) is 5.10. The number of thiazole rings is 1. The van der Waals surface area contributed by atoms with E-state index in [0.29, 0.717) is 11.9 Å². The number of hydrogen-bond acceptors (Lipinski definition) is 7. The smallest absolute Gasteiger partial charge is 0.185 e. The van der Waals surface area contributed by atoms with Gasteiger partial charge in [-0.25, -0.2) is 4.98 Å². The van der Waals surface area contributed by atoms with Crippen molar-refractivity contribution in [3.8, 4) is 0 Å². The third-order valence-corrected chi connectivity index (χ3v) is 5.62. The Bertz CT molecular complexity index is 428. The molecule has 1 aromatic rings. The molecule has 1 aromatic heterocycles. The highest BCUT2D eigenvalue weighted by molar-refractivity contribution is 8.00. The molecule has 7 heteroatoms. The van der Waals surface area contributed by atoms with E-state index in [1.54, 1.807) is 25.6 Å². The average Bonchev–Trinajstić information content (AvgIpc) is 2.87. The van der Waals surface area contributed by atoms with E-state index in [2.05, 4.69) is 17.1 Å². The summed E-state index contributed by atoms with van der Waals surface area (Å²) in [5.41, 5.74) is 1.06. The summed E-state index contributed by atoms with van der Waals surface area (Å²) in [6.45, 7) is 7.45. The number of methoxy groups -OCH3 is 2. The van der Waals surface area contributed by atoms with E-state index in [1.165, 1.54) is 10.6 Å². The zero-order chi connectivity index (χ0) is 15.1. The minimum Gasteiger partial charge on any atom is -0.383 e. The molecule has 2 rings (SSSR count). The van der Waals surface area contributed by atoms with Gasteiger partial charge in [0.05, 0.1) is 18.9 Å². The number of hydrogen-bond donors (Lipinski definition) is 1. The van der Waals surface area contributed by atoms with Gasteiger partial charge in [0.15, 0.2) is 5.13 Å². The molecule has 2 heterocycles. The van der Waals surface area contributed by atoms with Crippen LogP contribution in [-0.4, -0.2) is 56.4 Å². The standard InChI is InChI=1S/C14H25N3O2S2/c1-11-9-17(5-7-20-11)14-16-12(10-19-3)13(21-14)8-15-4-6-18-2/h11,15H,4-10H2,1-3H3. The fourth-order valence-corrected chi connectivity index (χ4v) is 4.34. The van der Waals surface area contributed by atoms with Crippen molar-refractivity contribution in [1.29, 1.82) is 0 Å². The maximum absolute atomic E-state index is 5.29. The van der Waals surface area contributed by atoms with Crippen LogP contribution in [0.3, 0.4) is 0 Å². The van der Waals surface area contributed by atoms with Crippen LogP contribution in [-0.2, 0) is 22.6 Å². The lowest BCUT2D eigenvalue weighted by Crippen LogP contribution is -2.36. The van der Waals surface area contributed by atoms with Gasteiger partial charge in [0.2, 0.25) is 0 Å². The molecular weight excluding hydrogens is 306 g/mol. The number of aromatic nitrogens is 1. The summed E-state index contributed by atoms with van der Waals surface area (Å²) < 4.78 is 10.3. The van der Waals surface area contributed by atoms with Crippen molar-refractivity contribution < 1.29 is 9.47 Å². The summed E-state index contributed by atoms with van der Waals surface area (Å²) in [5.74, 6) is 1.18. The van der Waals surface area contributed by atoms with E-state index in [9.17, 15) is 0 Å². The van der Waals surface area contributed by atoms with Crippen LogP contribution in [0.4, 0.5) is 5.13 Å². The highest BCUT2D eigenvalue weighted by atomic mass is 32.2. The van der Waals surface area contributed by atoms with E-state index < -0.39 is 0 Å². The maximum Gasteiger partial charge on any atom is 0.185 e. The first-order valence-electron chi connectivity index (χ1n) is 7.28. The molecular formula is C14H25N3O2S2. The first kappa shape index (κ1) is 17.0. The molecule has 0 radical (unpaired) electrons. The van der Waals surface area contributed by atoms with Crippen molar-refractivity contribution in [3.63, 3.8) is 0 Å². The van der Waals surface area contributed by atoms with Crippen molar-refractivity contribution in [3.05, 3.63) is 10.6 Å². The topological polar surface area (TPSA) is 46.6 Å². The quantitative estimate of drug-likeness (QED) is 0.735. The Morgan fingerprint density at radius 1 is 1.38 bits per heavy atom. The molecule has 0 aromatic carbocycles. The number of anilines is 1. The molecule has 1 N–H and O–H groups in total. The van der Waals surface area contributed by atoms with Gasteiger partial charge in [0.1, 0.15) is 0 Å². The molecule has 1 unspecified atom stereocenters. The Kier molecular flexibility index (Phi) is 7.25. The summed E-state index contributed by atoms with van der Waals surface area (Å²) in [6, 6.07) is 0. The summed E-state index contributed by atoms with van der Waals surface area (Å²) >= 11 is 3.83. The van der Waals surface area contributed by atoms with E-state index in [-0.39, 0.29) is 0 Å². The lowest BCUT2D eigenvalue weighted by atomic mass is 10.3. The molecule has 1 saturated heterocycles. The molecule has 1 aliphatic rings. The normalized spacial score (nSPS) is 19.2. The second-order valence-electron chi connectivity index (χ2n) is 5.10. The Morgan fingerprint density at radius 3 is 2.95 bits per heavy atom. The van der Waals surface area contributed by atoms with Crippen LogP contribution in [0.15, 0.2) is 0 Å². The fourth-order valence-electron chi connectivity index (χ4n) is 2.26. The van der Waals surface area contributed by atoms with Crippen LogP contribution >= 0.6 is 23.1 Å². The molecule has 120 valence electrons. The molecule has 1 atom stereocenters. The van der Waals surface area contributed by atoms with Crippen molar-refractivity contribution in [2.45, 2.75) is 25.3 Å². The van der Waals surface area contributed by atoms with Gasteiger partial charge in [-0.05, 0) is 0 Å². The van der Waals surface area contributed by atoms with Gasteiger partial charge >= 0.3 is 0 Å². The number of nitrogens with zero attached hydrogens (tertiary/aromatic N) is 2. The van der Waals surface area contributed by atoms with Crippen LogP contribution in [0.2, 0.25) is 0 Å². The summed E-state index contributed by atoms with van der Waals surface area (Å²) in [5, 5.41) is 5.21. The van der Waals surface area contributed by atoms with Gasteiger partial charge in [-0.15, -0.1) is 11.3 Å². The lowest BCUT2D eigenvalue weighted by molar-refractivity contribution is 0.181. The second-order valence-corrected chi connectivity index (χ2v) is 7.70.